The lowest BCUT2D eigenvalue weighted by atomic mass is 9.89. The Kier molecular flexibility index (Phi) is 4.35. The molecule has 2 heterocycles. The summed E-state index contributed by atoms with van der Waals surface area (Å²) in [6.45, 7) is 1.73. The number of nitriles is 1. The molecule has 2 atom stereocenters. The van der Waals surface area contributed by atoms with Crippen molar-refractivity contribution >= 4 is 5.97 Å². The van der Waals surface area contributed by atoms with Gasteiger partial charge in [0.25, 0.3) is 0 Å². The van der Waals surface area contributed by atoms with E-state index in [4.69, 9.17) is 5.26 Å². The molecule has 1 aromatic heterocycles. The van der Waals surface area contributed by atoms with Gasteiger partial charge in [0, 0.05) is 25.6 Å². The van der Waals surface area contributed by atoms with Crippen molar-refractivity contribution in [3.8, 4) is 6.07 Å². The van der Waals surface area contributed by atoms with Gasteiger partial charge in [-0.25, -0.2) is 4.98 Å². The maximum Gasteiger partial charge on any atom is 0.308 e. The molecule has 116 valence electrons. The number of benzene rings is 1. The zero-order valence-electron chi connectivity index (χ0n) is 12.6. The third-order valence-corrected chi connectivity index (χ3v) is 4.25. The molecule has 5 nitrogen and oxygen atoms in total. The number of carboxylic acid groups (broad SMARTS) is 1. The average molecular weight is 307 g/mol. The van der Waals surface area contributed by atoms with Crippen molar-refractivity contribution in [3.05, 3.63) is 65.5 Å². The zero-order valence-corrected chi connectivity index (χ0v) is 12.6. The number of nitrogens with zero attached hydrogens (tertiary/aromatic N) is 3. The van der Waals surface area contributed by atoms with Crippen molar-refractivity contribution in [1.29, 1.82) is 5.26 Å². The number of likely N-dealkylation sites (tertiary alicyclic amines) is 1. The Morgan fingerprint density at radius 3 is 2.70 bits per heavy atom. The smallest absolute Gasteiger partial charge is 0.308 e. The standard InChI is InChI=1S/C18H17N3O2/c19-9-14-7-4-8-15(20-14)10-21-11-16(17(12-21)18(22)23)13-5-2-1-3-6-13/h1-8,16-17H,10-12H2,(H,22,23)/t16-,17+/m0/s1. The van der Waals surface area contributed by atoms with Gasteiger partial charge in [-0.3, -0.25) is 9.69 Å². The van der Waals surface area contributed by atoms with E-state index in [-0.39, 0.29) is 5.92 Å². The first-order chi connectivity index (χ1) is 11.2. The van der Waals surface area contributed by atoms with E-state index in [0.717, 1.165) is 11.3 Å². The van der Waals surface area contributed by atoms with Gasteiger partial charge in [0.1, 0.15) is 11.8 Å². The first-order valence-electron chi connectivity index (χ1n) is 7.53. The molecule has 2 aromatic rings. The van der Waals surface area contributed by atoms with Crippen LogP contribution in [0.2, 0.25) is 0 Å². The van der Waals surface area contributed by atoms with E-state index in [1.807, 2.05) is 42.5 Å². The van der Waals surface area contributed by atoms with Crippen LogP contribution in [0.15, 0.2) is 48.5 Å². The lowest BCUT2D eigenvalue weighted by molar-refractivity contribution is -0.141. The van der Waals surface area contributed by atoms with Crippen LogP contribution in [-0.4, -0.2) is 34.0 Å². The van der Waals surface area contributed by atoms with E-state index in [9.17, 15) is 9.90 Å². The number of aliphatic carboxylic acids is 1. The number of pyridine rings is 1. The number of carboxylic acids is 1. The van der Waals surface area contributed by atoms with Crippen LogP contribution in [0.1, 0.15) is 22.9 Å². The molecular formula is C18H17N3O2. The molecule has 0 unspecified atom stereocenters. The maximum atomic E-state index is 11.6. The van der Waals surface area contributed by atoms with Gasteiger partial charge in [-0.05, 0) is 17.7 Å². The molecule has 1 aliphatic rings. The van der Waals surface area contributed by atoms with Gasteiger partial charge in [0.05, 0.1) is 11.6 Å². The minimum absolute atomic E-state index is 0.0205. The molecule has 5 heteroatoms. The van der Waals surface area contributed by atoms with Crippen LogP contribution in [-0.2, 0) is 11.3 Å². The summed E-state index contributed by atoms with van der Waals surface area (Å²) in [4.78, 5) is 18.0. The fourth-order valence-electron chi connectivity index (χ4n) is 3.16. The maximum absolute atomic E-state index is 11.6. The van der Waals surface area contributed by atoms with Crippen LogP contribution in [0.5, 0.6) is 0 Å². The summed E-state index contributed by atoms with van der Waals surface area (Å²) in [5, 5.41) is 18.5. The summed E-state index contributed by atoms with van der Waals surface area (Å²) in [5.41, 5.74) is 2.24. The molecule has 3 rings (SSSR count). The Labute approximate surface area is 134 Å². The predicted molar refractivity (Wildman–Crippen MR) is 84.5 cm³/mol. The molecule has 0 amide bonds. The molecule has 1 N–H and O–H groups in total. The highest BCUT2D eigenvalue weighted by molar-refractivity contribution is 5.72. The van der Waals surface area contributed by atoms with Gasteiger partial charge in [0.15, 0.2) is 0 Å². The largest absolute Gasteiger partial charge is 0.481 e. The summed E-state index contributed by atoms with van der Waals surface area (Å²) in [7, 11) is 0. The van der Waals surface area contributed by atoms with Crippen molar-refractivity contribution in [2.75, 3.05) is 13.1 Å². The second-order valence-electron chi connectivity index (χ2n) is 5.78. The Balaban J connectivity index is 1.78. The molecule has 0 saturated carbocycles. The van der Waals surface area contributed by atoms with Crippen LogP contribution in [0.4, 0.5) is 0 Å². The Morgan fingerprint density at radius 2 is 2.00 bits per heavy atom. The van der Waals surface area contributed by atoms with E-state index in [1.54, 1.807) is 12.1 Å². The zero-order chi connectivity index (χ0) is 16.2. The summed E-state index contributed by atoms with van der Waals surface area (Å²) < 4.78 is 0. The third kappa shape index (κ3) is 3.38. The number of rotatable bonds is 4. The second kappa shape index (κ2) is 6.59. The molecule has 23 heavy (non-hydrogen) atoms. The molecule has 0 spiro atoms. The van der Waals surface area contributed by atoms with Gasteiger partial charge in [0.2, 0.25) is 0 Å². The summed E-state index contributed by atoms with van der Waals surface area (Å²) in [6, 6.07) is 17.2. The van der Waals surface area contributed by atoms with E-state index < -0.39 is 11.9 Å². The van der Waals surface area contributed by atoms with Crippen LogP contribution in [0.3, 0.4) is 0 Å². The SMILES string of the molecule is N#Cc1cccc(CN2C[C@@H](C(=O)O)[C@H](c3ccccc3)C2)n1. The van der Waals surface area contributed by atoms with E-state index >= 15 is 0 Å². The van der Waals surface area contributed by atoms with E-state index in [0.29, 0.717) is 25.3 Å². The molecule has 0 bridgehead atoms. The second-order valence-corrected chi connectivity index (χ2v) is 5.78. The number of carbonyl (C=O) groups is 1. The normalized spacial score (nSPS) is 21.0. The molecular weight excluding hydrogens is 290 g/mol. The molecule has 1 fully saturated rings. The van der Waals surface area contributed by atoms with Crippen molar-refractivity contribution in [1.82, 2.24) is 9.88 Å². The minimum Gasteiger partial charge on any atom is -0.481 e. The average Bonchev–Trinajstić information content (AvgIpc) is 3.00. The van der Waals surface area contributed by atoms with Crippen LogP contribution >= 0.6 is 0 Å². The minimum atomic E-state index is -0.764. The van der Waals surface area contributed by atoms with Gasteiger partial charge in [-0.1, -0.05) is 36.4 Å². The lowest BCUT2D eigenvalue weighted by Gasteiger charge is -2.15. The first kappa shape index (κ1) is 15.2. The lowest BCUT2D eigenvalue weighted by Crippen LogP contribution is -2.23. The van der Waals surface area contributed by atoms with Gasteiger partial charge >= 0.3 is 5.97 Å². The van der Waals surface area contributed by atoms with Crippen LogP contribution < -0.4 is 0 Å². The number of aromatic nitrogens is 1. The summed E-state index contributed by atoms with van der Waals surface area (Å²) in [5.74, 6) is -1.20. The molecule has 1 aliphatic heterocycles. The van der Waals surface area contributed by atoms with E-state index in [2.05, 4.69) is 9.88 Å². The fraction of sp³-hybridized carbons (Fsp3) is 0.278. The van der Waals surface area contributed by atoms with Crippen molar-refractivity contribution in [3.63, 3.8) is 0 Å². The third-order valence-electron chi connectivity index (χ3n) is 4.25. The number of hydrogen-bond acceptors (Lipinski definition) is 4. The Bertz CT molecular complexity index is 739. The fourth-order valence-corrected chi connectivity index (χ4v) is 3.16. The molecule has 0 radical (unpaired) electrons. The highest BCUT2D eigenvalue weighted by atomic mass is 16.4. The van der Waals surface area contributed by atoms with Gasteiger partial charge in [-0.2, -0.15) is 5.26 Å². The quantitative estimate of drug-likeness (QED) is 0.937. The van der Waals surface area contributed by atoms with Crippen molar-refractivity contribution < 1.29 is 9.90 Å². The highest BCUT2D eigenvalue weighted by Crippen LogP contribution is 2.33. The number of hydrogen-bond donors (Lipinski definition) is 1. The van der Waals surface area contributed by atoms with Gasteiger partial charge in [-0.15, -0.1) is 0 Å². The highest BCUT2D eigenvalue weighted by Gasteiger charge is 2.38. The topological polar surface area (TPSA) is 77.2 Å². The Morgan fingerprint density at radius 1 is 1.22 bits per heavy atom. The van der Waals surface area contributed by atoms with Crippen molar-refractivity contribution in [2.45, 2.75) is 12.5 Å². The van der Waals surface area contributed by atoms with Crippen LogP contribution in [0.25, 0.3) is 0 Å². The summed E-state index contributed by atoms with van der Waals surface area (Å²) >= 11 is 0. The van der Waals surface area contributed by atoms with Crippen molar-refractivity contribution in [2.24, 2.45) is 5.92 Å². The Hall–Kier alpha value is -2.71. The molecule has 1 saturated heterocycles. The summed E-state index contributed by atoms with van der Waals surface area (Å²) in [6.07, 6.45) is 0. The molecule has 0 aliphatic carbocycles. The predicted octanol–water partition coefficient (Wildman–Crippen LogP) is 2.25. The van der Waals surface area contributed by atoms with E-state index in [1.165, 1.54) is 0 Å². The monoisotopic (exact) mass is 307 g/mol. The first-order valence-corrected chi connectivity index (χ1v) is 7.53. The molecule has 1 aromatic carbocycles. The van der Waals surface area contributed by atoms with Gasteiger partial charge < -0.3 is 5.11 Å². The van der Waals surface area contributed by atoms with Crippen LogP contribution in [0, 0.1) is 17.2 Å².